The van der Waals surface area contributed by atoms with Gasteiger partial charge in [0, 0.05) is 36.1 Å². The van der Waals surface area contributed by atoms with Gasteiger partial charge in [-0.05, 0) is 6.07 Å². The summed E-state index contributed by atoms with van der Waals surface area (Å²) < 4.78 is 0. The van der Waals surface area contributed by atoms with Crippen LogP contribution in [0.4, 0.5) is 16.2 Å². The van der Waals surface area contributed by atoms with Crippen molar-refractivity contribution < 1.29 is 9.72 Å². The SMILES string of the molecule is O=C(NCc1cn[nH]c1)Nc1cccc([N+](=O)[O-])c1. The largest absolute Gasteiger partial charge is 0.334 e. The number of nitrogens with one attached hydrogen (secondary N) is 3. The number of amides is 2. The zero-order valence-electron chi connectivity index (χ0n) is 9.79. The molecule has 19 heavy (non-hydrogen) atoms. The molecule has 1 aromatic carbocycles. The molecule has 0 aliphatic heterocycles. The molecule has 1 aromatic heterocycles. The molecule has 98 valence electrons. The fraction of sp³-hybridized carbons (Fsp3) is 0.0909. The molecule has 0 saturated heterocycles. The molecule has 2 aromatic rings. The van der Waals surface area contributed by atoms with E-state index < -0.39 is 11.0 Å². The smallest absolute Gasteiger partial charge is 0.319 e. The number of urea groups is 1. The van der Waals surface area contributed by atoms with Gasteiger partial charge >= 0.3 is 6.03 Å². The molecule has 2 amide bonds. The molecule has 8 nitrogen and oxygen atoms in total. The Morgan fingerprint density at radius 2 is 2.32 bits per heavy atom. The lowest BCUT2D eigenvalue weighted by Gasteiger charge is -2.06. The number of nitro groups is 1. The molecule has 8 heteroatoms. The second kappa shape index (κ2) is 5.63. The maximum Gasteiger partial charge on any atom is 0.319 e. The number of benzene rings is 1. The molecule has 0 fully saturated rings. The van der Waals surface area contributed by atoms with Crippen molar-refractivity contribution >= 4 is 17.4 Å². The Hall–Kier alpha value is -2.90. The van der Waals surface area contributed by atoms with Gasteiger partial charge in [0.05, 0.1) is 11.1 Å². The summed E-state index contributed by atoms with van der Waals surface area (Å²) >= 11 is 0. The summed E-state index contributed by atoms with van der Waals surface area (Å²) in [5, 5.41) is 22.1. The molecule has 0 spiro atoms. The average Bonchev–Trinajstić information content (AvgIpc) is 2.90. The van der Waals surface area contributed by atoms with Gasteiger partial charge in [-0.2, -0.15) is 5.10 Å². The van der Waals surface area contributed by atoms with Gasteiger partial charge in [-0.25, -0.2) is 4.79 Å². The molecule has 0 bridgehead atoms. The van der Waals surface area contributed by atoms with Crippen LogP contribution in [-0.4, -0.2) is 21.2 Å². The Balaban J connectivity index is 1.91. The zero-order valence-corrected chi connectivity index (χ0v) is 9.79. The van der Waals surface area contributed by atoms with Crippen molar-refractivity contribution in [2.75, 3.05) is 5.32 Å². The van der Waals surface area contributed by atoms with Crippen LogP contribution in [0.5, 0.6) is 0 Å². The number of aromatic nitrogens is 2. The van der Waals surface area contributed by atoms with E-state index >= 15 is 0 Å². The zero-order chi connectivity index (χ0) is 13.7. The van der Waals surface area contributed by atoms with Crippen LogP contribution < -0.4 is 10.6 Å². The highest BCUT2D eigenvalue weighted by Crippen LogP contribution is 2.16. The highest BCUT2D eigenvalue weighted by molar-refractivity contribution is 5.89. The Morgan fingerprint density at radius 1 is 1.47 bits per heavy atom. The fourth-order valence-corrected chi connectivity index (χ4v) is 1.43. The minimum atomic E-state index is -0.519. The van der Waals surface area contributed by atoms with E-state index in [0.717, 1.165) is 5.56 Å². The van der Waals surface area contributed by atoms with Crippen LogP contribution in [0.25, 0.3) is 0 Å². The number of H-pyrrole nitrogens is 1. The average molecular weight is 261 g/mol. The van der Waals surface area contributed by atoms with E-state index in [1.165, 1.54) is 18.2 Å². The van der Waals surface area contributed by atoms with E-state index in [9.17, 15) is 14.9 Å². The van der Waals surface area contributed by atoms with Crippen molar-refractivity contribution in [1.82, 2.24) is 15.5 Å². The van der Waals surface area contributed by atoms with Crippen molar-refractivity contribution in [3.05, 3.63) is 52.3 Å². The molecule has 0 saturated carbocycles. The number of carbonyl (C=O) groups is 1. The number of nitrogens with zero attached hydrogens (tertiary/aromatic N) is 2. The molecule has 1 heterocycles. The van der Waals surface area contributed by atoms with Crippen molar-refractivity contribution in [3.8, 4) is 0 Å². The van der Waals surface area contributed by atoms with E-state index in [1.807, 2.05) is 0 Å². The van der Waals surface area contributed by atoms with Crippen LogP contribution in [0.15, 0.2) is 36.7 Å². The minimum Gasteiger partial charge on any atom is -0.334 e. The first kappa shape index (κ1) is 12.6. The fourth-order valence-electron chi connectivity index (χ4n) is 1.43. The summed E-state index contributed by atoms with van der Waals surface area (Å²) in [4.78, 5) is 21.6. The maximum absolute atomic E-state index is 11.6. The summed E-state index contributed by atoms with van der Waals surface area (Å²) in [6, 6.07) is 5.28. The minimum absolute atomic E-state index is 0.0763. The number of non-ortho nitro benzene ring substituents is 1. The molecule has 0 aliphatic rings. The molecule has 0 aliphatic carbocycles. The first-order valence-corrected chi connectivity index (χ1v) is 5.42. The van der Waals surface area contributed by atoms with Gasteiger partial charge in [-0.15, -0.1) is 0 Å². The molecule has 2 rings (SSSR count). The van der Waals surface area contributed by atoms with Crippen molar-refractivity contribution in [2.24, 2.45) is 0 Å². The van der Waals surface area contributed by atoms with E-state index in [-0.39, 0.29) is 5.69 Å². The van der Waals surface area contributed by atoms with Crippen LogP contribution in [0.2, 0.25) is 0 Å². The van der Waals surface area contributed by atoms with E-state index in [2.05, 4.69) is 20.8 Å². The topological polar surface area (TPSA) is 113 Å². The van der Waals surface area contributed by atoms with Gasteiger partial charge in [0.2, 0.25) is 0 Å². The number of nitro benzene ring substituents is 1. The Labute approximate surface area is 108 Å². The van der Waals surface area contributed by atoms with Gasteiger partial charge in [-0.1, -0.05) is 6.07 Å². The maximum atomic E-state index is 11.6. The number of hydrogen-bond donors (Lipinski definition) is 3. The summed E-state index contributed by atoms with van der Waals surface area (Å²) in [7, 11) is 0. The van der Waals surface area contributed by atoms with E-state index in [1.54, 1.807) is 18.5 Å². The number of carbonyl (C=O) groups excluding carboxylic acids is 1. The predicted octanol–water partition coefficient (Wildman–Crippen LogP) is 1.64. The van der Waals surface area contributed by atoms with Gasteiger partial charge in [0.25, 0.3) is 5.69 Å². The standard InChI is InChI=1S/C11H11N5O3/c17-11(12-5-8-6-13-14-7-8)15-9-2-1-3-10(4-9)16(18)19/h1-4,6-7H,5H2,(H,13,14)(H2,12,15,17). The van der Waals surface area contributed by atoms with Crippen LogP contribution in [0, 0.1) is 10.1 Å². The van der Waals surface area contributed by atoms with Gasteiger partial charge in [-0.3, -0.25) is 15.2 Å². The Bertz CT molecular complexity index is 582. The van der Waals surface area contributed by atoms with Crippen LogP contribution in [0.1, 0.15) is 5.56 Å². The Morgan fingerprint density at radius 3 is 3.00 bits per heavy atom. The van der Waals surface area contributed by atoms with Crippen LogP contribution in [0.3, 0.4) is 0 Å². The van der Waals surface area contributed by atoms with Crippen molar-refractivity contribution in [1.29, 1.82) is 0 Å². The van der Waals surface area contributed by atoms with Crippen LogP contribution >= 0.6 is 0 Å². The summed E-state index contributed by atoms with van der Waals surface area (Å²) in [6.45, 7) is 0.317. The van der Waals surface area contributed by atoms with E-state index in [4.69, 9.17) is 0 Å². The van der Waals surface area contributed by atoms with Crippen LogP contribution in [-0.2, 0) is 6.54 Å². The molecule has 0 atom stereocenters. The molecular weight excluding hydrogens is 250 g/mol. The van der Waals surface area contributed by atoms with Crippen molar-refractivity contribution in [2.45, 2.75) is 6.54 Å². The highest BCUT2D eigenvalue weighted by atomic mass is 16.6. The number of rotatable bonds is 4. The van der Waals surface area contributed by atoms with Gasteiger partial charge in [0.1, 0.15) is 0 Å². The Kier molecular flexibility index (Phi) is 3.72. The lowest BCUT2D eigenvalue weighted by Crippen LogP contribution is -2.28. The monoisotopic (exact) mass is 261 g/mol. The van der Waals surface area contributed by atoms with Gasteiger partial charge in [0.15, 0.2) is 0 Å². The molecule has 3 N–H and O–H groups in total. The molecular formula is C11H11N5O3. The molecule has 0 unspecified atom stereocenters. The highest BCUT2D eigenvalue weighted by Gasteiger charge is 2.07. The number of anilines is 1. The third-order valence-corrected chi connectivity index (χ3v) is 2.32. The summed E-state index contributed by atoms with van der Waals surface area (Å²) in [5.74, 6) is 0. The second-order valence-corrected chi connectivity index (χ2v) is 3.72. The quantitative estimate of drug-likeness (QED) is 0.573. The summed E-state index contributed by atoms with van der Waals surface area (Å²) in [6.07, 6.45) is 3.25. The number of hydrogen-bond acceptors (Lipinski definition) is 4. The third kappa shape index (κ3) is 3.53. The van der Waals surface area contributed by atoms with Crippen molar-refractivity contribution in [3.63, 3.8) is 0 Å². The predicted molar refractivity (Wildman–Crippen MR) is 67.5 cm³/mol. The summed E-state index contributed by atoms with van der Waals surface area (Å²) in [5.41, 5.74) is 1.11. The first-order valence-electron chi connectivity index (χ1n) is 5.42. The van der Waals surface area contributed by atoms with E-state index in [0.29, 0.717) is 12.2 Å². The third-order valence-electron chi connectivity index (χ3n) is 2.32. The second-order valence-electron chi connectivity index (χ2n) is 3.72. The molecule has 0 radical (unpaired) electrons. The lowest BCUT2D eigenvalue weighted by molar-refractivity contribution is -0.384. The van der Waals surface area contributed by atoms with Gasteiger partial charge < -0.3 is 10.6 Å². The first-order chi connectivity index (χ1) is 9.15. The number of aromatic amines is 1. The lowest BCUT2D eigenvalue weighted by atomic mass is 10.3. The normalized spacial score (nSPS) is 9.89.